The van der Waals surface area contributed by atoms with Crippen LogP contribution in [0.2, 0.25) is 0 Å². The van der Waals surface area contributed by atoms with E-state index in [1.807, 2.05) is 0 Å². The molecular formula is HO3S2-. The first-order valence-electron chi connectivity index (χ1n) is 0.683. The average molecular weight is 113 g/mol. The maximum Gasteiger partial charge on any atom is 0.0818 e. The highest BCUT2D eigenvalue weighted by Crippen LogP contribution is 1.61. The highest BCUT2D eigenvalue weighted by Gasteiger charge is 1.61. The Morgan fingerprint density at radius 3 is 2.00 bits per heavy atom. The monoisotopic (exact) mass is 113 g/mol. The van der Waals surface area contributed by atoms with Crippen molar-refractivity contribution in [2.75, 3.05) is 0 Å². The van der Waals surface area contributed by atoms with E-state index in [4.69, 9.17) is 13.3 Å². The summed E-state index contributed by atoms with van der Waals surface area (Å²) in [4.78, 5) is 0. The lowest BCUT2D eigenvalue weighted by molar-refractivity contribution is 0.432. The van der Waals surface area contributed by atoms with Gasteiger partial charge in [0.15, 0.2) is 0 Å². The van der Waals surface area contributed by atoms with Gasteiger partial charge in [-0.1, -0.05) is 0 Å². The molecule has 1 N–H and O–H groups in total. The van der Waals surface area contributed by atoms with Gasteiger partial charge in [-0.2, -0.15) is 0 Å². The zero-order valence-corrected chi connectivity index (χ0v) is 3.71. The Morgan fingerprint density at radius 1 is 2.00 bits per heavy atom. The summed E-state index contributed by atoms with van der Waals surface area (Å²) in [6, 6.07) is 0. The van der Waals surface area contributed by atoms with Gasteiger partial charge in [-0.05, 0) is 11.2 Å². The second kappa shape index (κ2) is 1.17. The minimum atomic E-state index is -4.08. The van der Waals surface area contributed by atoms with E-state index in [1.54, 1.807) is 0 Å². The molecule has 1 atom stereocenters. The van der Waals surface area contributed by atoms with Crippen molar-refractivity contribution in [3.63, 3.8) is 0 Å². The Bertz CT molecular complexity index is 88.1. The predicted octanol–water partition coefficient (Wildman–Crippen LogP) is -0.664. The van der Waals surface area contributed by atoms with E-state index in [2.05, 4.69) is 11.2 Å². The summed E-state index contributed by atoms with van der Waals surface area (Å²) in [7, 11) is -4.08. The molecule has 0 aliphatic carbocycles. The highest BCUT2D eigenvalue weighted by molar-refractivity contribution is 8.26. The van der Waals surface area contributed by atoms with Crippen molar-refractivity contribution < 1.29 is 13.3 Å². The molecule has 0 amide bonds. The van der Waals surface area contributed by atoms with Crippen molar-refractivity contribution in [3.8, 4) is 0 Å². The zero-order chi connectivity index (χ0) is 4.50. The van der Waals surface area contributed by atoms with Crippen molar-refractivity contribution in [2.24, 2.45) is 0 Å². The minimum Gasteiger partial charge on any atom is -0.748 e. The topological polar surface area (TPSA) is 60.4 Å². The van der Waals surface area contributed by atoms with Crippen molar-refractivity contribution >= 4 is 20.2 Å². The van der Waals surface area contributed by atoms with E-state index >= 15 is 0 Å². The molecule has 0 aliphatic rings. The van der Waals surface area contributed by atoms with Gasteiger partial charge in [-0.3, -0.25) is 0 Å². The fourth-order valence-corrected chi connectivity index (χ4v) is 0. The Labute approximate surface area is 34.3 Å². The largest absolute Gasteiger partial charge is 0.748 e. The standard InChI is InChI=1S/H2O3S2/c1-5(2,3)4/h(H2,1,2,3,4)/p-1. The first-order valence-corrected chi connectivity index (χ1v) is 3.05. The van der Waals surface area contributed by atoms with E-state index in [1.165, 1.54) is 0 Å². The molecule has 0 spiro atoms. The Kier molecular flexibility index (Phi) is 1.24. The van der Waals surface area contributed by atoms with Crippen LogP contribution < -0.4 is 0 Å². The lowest BCUT2D eigenvalue weighted by Crippen LogP contribution is -1.87. The van der Waals surface area contributed by atoms with Gasteiger partial charge in [0, 0.05) is 0 Å². The summed E-state index contributed by atoms with van der Waals surface area (Å²) in [5.41, 5.74) is 0. The average Bonchev–Trinajstić information content (AvgIpc) is 0.722. The van der Waals surface area contributed by atoms with Crippen LogP contribution in [-0.4, -0.2) is 13.3 Å². The van der Waals surface area contributed by atoms with E-state index in [0.717, 1.165) is 0 Å². The van der Waals surface area contributed by atoms with E-state index in [-0.39, 0.29) is 0 Å². The summed E-state index contributed by atoms with van der Waals surface area (Å²) in [6.07, 6.45) is 0. The summed E-state index contributed by atoms with van der Waals surface area (Å²) in [5.74, 6) is 0. The lowest BCUT2D eigenvalue weighted by atomic mass is 15.8. The van der Waals surface area contributed by atoms with Crippen molar-refractivity contribution in [1.29, 1.82) is 0 Å². The predicted molar refractivity (Wildman–Crippen MR) is 18.9 cm³/mol. The number of hydrogen-bond acceptors (Lipinski definition) is 3. The molecule has 5 heavy (non-hydrogen) atoms. The first-order chi connectivity index (χ1) is 2.00. The highest BCUT2D eigenvalue weighted by atomic mass is 32.9. The van der Waals surface area contributed by atoms with Crippen LogP contribution in [0.25, 0.3) is 0 Å². The quantitative estimate of drug-likeness (QED) is 0.453. The van der Waals surface area contributed by atoms with Gasteiger partial charge in [0.25, 0.3) is 0 Å². The van der Waals surface area contributed by atoms with Crippen LogP contribution in [0.15, 0.2) is 0 Å². The van der Waals surface area contributed by atoms with Crippen LogP contribution in [0, 0.1) is 0 Å². The van der Waals surface area contributed by atoms with Gasteiger partial charge >= 0.3 is 0 Å². The van der Waals surface area contributed by atoms with Gasteiger partial charge in [0.2, 0.25) is 0 Å². The normalized spacial score (nSPS) is 21.2. The fourth-order valence-electron chi connectivity index (χ4n) is 0. The molecule has 32 valence electrons. The molecule has 0 aromatic carbocycles. The van der Waals surface area contributed by atoms with Gasteiger partial charge in [-0.15, -0.1) is 0 Å². The maximum absolute atomic E-state index is 9.00. The fraction of sp³-hybridized carbons (Fsp3) is 0. The van der Waals surface area contributed by atoms with E-state index in [9.17, 15) is 0 Å². The minimum absolute atomic E-state index is 3.35. The third-order valence-electron chi connectivity index (χ3n) is 0. The molecule has 1 unspecified atom stereocenters. The lowest BCUT2D eigenvalue weighted by Gasteiger charge is -1.93. The third-order valence-corrected chi connectivity index (χ3v) is 0. The van der Waals surface area contributed by atoms with Crippen LogP contribution in [-0.2, 0) is 20.2 Å². The van der Waals surface area contributed by atoms with Crippen molar-refractivity contribution in [2.45, 2.75) is 0 Å². The van der Waals surface area contributed by atoms with Crippen molar-refractivity contribution in [1.82, 2.24) is 0 Å². The van der Waals surface area contributed by atoms with Gasteiger partial charge in [0.05, 0.1) is 9.05 Å². The van der Waals surface area contributed by atoms with E-state index < -0.39 is 9.05 Å². The van der Waals surface area contributed by atoms with Gasteiger partial charge in [0.1, 0.15) is 0 Å². The Hall–Kier alpha value is 0.290. The molecule has 0 fully saturated rings. The molecular weight excluding hydrogens is 112 g/mol. The van der Waals surface area contributed by atoms with Crippen LogP contribution in [0.5, 0.6) is 0 Å². The van der Waals surface area contributed by atoms with E-state index in [0.29, 0.717) is 0 Å². The molecule has 0 aliphatic heterocycles. The number of hydrogen-bond donors (Lipinski definition) is 1. The van der Waals surface area contributed by atoms with Crippen LogP contribution in [0.4, 0.5) is 0 Å². The Morgan fingerprint density at radius 2 is 2.00 bits per heavy atom. The SMILES string of the molecule is O=S([O-])(O)=S. The van der Waals surface area contributed by atoms with Gasteiger partial charge in [-0.25, -0.2) is 4.21 Å². The molecule has 0 rings (SSSR count). The maximum atomic E-state index is 9.00. The van der Waals surface area contributed by atoms with Crippen LogP contribution >= 0.6 is 0 Å². The van der Waals surface area contributed by atoms with Crippen LogP contribution in [0.3, 0.4) is 0 Å². The third kappa shape index (κ3) is 268. The molecule has 0 saturated carbocycles. The summed E-state index contributed by atoms with van der Waals surface area (Å²) >= 11 is 3.35. The smallest absolute Gasteiger partial charge is 0.0818 e. The first kappa shape index (κ1) is 5.29. The van der Waals surface area contributed by atoms with Crippen molar-refractivity contribution in [3.05, 3.63) is 0 Å². The van der Waals surface area contributed by atoms with Crippen LogP contribution in [0.1, 0.15) is 0 Å². The number of rotatable bonds is 0. The summed E-state index contributed by atoms with van der Waals surface area (Å²) < 4.78 is 25.3. The molecule has 0 aromatic heterocycles. The molecule has 0 saturated heterocycles. The Balaban J connectivity index is 4.06. The molecule has 0 radical (unpaired) electrons. The molecule has 0 bridgehead atoms. The van der Waals surface area contributed by atoms with Gasteiger partial charge < -0.3 is 9.11 Å². The molecule has 0 aromatic rings. The summed E-state index contributed by atoms with van der Waals surface area (Å²) in [6.45, 7) is 0. The summed E-state index contributed by atoms with van der Waals surface area (Å²) in [5, 5.41) is 0. The molecule has 3 nitrogen and oxygen atoms in total. The second-order valence-electron chi connectivity index (χ2n) is 0.428. The zero-order valence-electron chi connectivity index (χ0n) is 2.08. The molecule has 0 heterocycles. The molecule has 5 heteroatoms. The second-order valence-corrected chi connectivity index (χ2v) is 2.55.